The highest BCUT2D eigenvalue weighted by molar-refractivity contribution is 7.08. The fourth-order valence-corrected chi connectivity index (χ4v) is 1.68. The van der Waals surface area contributed by atoms with Gasteiger partial charge in [0.2, 0.25) is 0 Å². The van der Waals surface area contributed by atoms with Gasteiger partial charge >= 0.3 is 0 Å². The Morgan fingerprint density at radius 2 is 1.33 bits per heavy atom. The van der Waals surface area contributed by atoms with E-state index in [9.17, 15) is 0 Å². The Bertz CT molecular complexity index is 346. The molecule has 3 rings (SSSR count). The van der Waals surface area contributed by atoms with E-state index in [0.717, 1.165) is 11.5 Å². The second-order valence-electron chi connectivity index (χ2n) is 2.59. The Morgan fingerprint density at radius 3 is 1.73 bits per heavy atom. The van der Waals surface area contributed by atoms with Crippen LogP contribution in [0.3, 0.4) is 0 Å². The summed E-state index contributed by atoms with van der Waals surface area (Å²) in [6, 6.07) is 0. The predicted molar refractivity (Wildman–Crippen MR) is 55.1 cm³/mol. The number of thiophene rings is 1. The number of hydrogen-bond donors (Lipinski definition) is 0. The highest BCUT2D eigenvalue weighted by atomic mass is 32.1. The molecule has 5 nitrogen and oxygen atoms in total. The Morgan fingerprint density at radius 1 is 0.867 bits per heavy atom. The van der Waals surface area contributed by atoms with Gasteiger partial charge in [-0.2, -0.15) is 0 Å². The zero-order valence-electron chi connectivity index (χ0n) is 7.87. The molecule has 1 aliphatic rings. The highest BCUT2D eigenvalue weighted by Gasteiger charge is 2.10. The van der Waals surface area contributed by atoms with E-state index in [1.165, 1.54) is 19.0 Å². The van der Waals surface area contributed by atoms with Crippen LogP contribution < -0.4 is 9.47 Å². The molecule has 0 bridgehead atoms. The van der Waals surface area contributed by atoms with E-state index < -0.39 is 0 Å². The summed E-state index contributed by atoms with van der Waals surface area (Å²) in [6.45, 7) is 1.37. The molecule has 0 spiro atoms. The maximum atomic E-state index is 5.25. The average Bonchev–Trinajstić information content (AvgIpc) is 2.80. The zero-order valence-corrected chi connectivity index (χ0v) is 8.68. The normalized spacial score (nSPS) is 12.5. The molecule has 0 aromatic carbocycles. The molecule has 0 radical (unpaired) electrons. The summed E-state index contributed by atoms with van der Waals surface area (Å²) in [6.07, 6.45) is 4.31. The molecule has 3 heterocycles. The number of aromatic nitrogens is 3. The van der Waals surface area contributed by atoms with Crippen LogP contribution in [0.15, 0.2) is 29.7 Å². The fraction of sp³-hybridized carbons (Fsp3) is 0.222. The Labute approximate surface area is 90.7 Å². The molecule has 0 unspecified atom stereocenters. The first-order valence-corrected chi connectivity index (χ1v) is 5.28. The van der Waals surface area contributed by atoms with Gasteiger partial charge in [0.1, 0.15) is 32.2 Å². The summed E-state index contributed by atoms with van der Waals surface area (Å²) in [4.78, 5) is 10.7. The minimum absolute atomic E-state index is 0.684. The molecule has 2 aromatic heterocycles. The van der Waals surface area contributed by atoms with Crippen molar-refractivity contribution in [2.45, 2.75) is 0 Å². The van der Waals surface area contributed by atoms with E-state index >= 15 is 0 Å². The minimum Gasteiger partial charge on any atom is -0.485 e. The molecule has 0 amide bonds. The van der Waals surface area contributed by atoms with Crippen LogP contribution in [0.5, 0.6) is 11.5 Å². The van der Waals surface area contributed by atoms with Gasteiger partial charge in [0.15, 0.2) is 11.5 Å². The van der Waals surface area contributed by atoms with Crippen LogP contribution in [0.1, 0.15) is 0 Å². The number of ether oxygens (including phenoxy) is 2. The van der Waals surface area contributed by atoms with Crippen molar-refractivity contribution in [3.63, 3.8) is 0 Å². The quantitative estimate of drug-likeness (QED) is 0.675. The Hall–Kier alpha value is -1.69. The standard InChI is InChI=1S/C6H6O2S.C3H3N3/c1-2-8-6-4-9-3-5(6)7-1;1-4-2-6-3-5-1/h3-4H,1-2H2;1-3H. The van der Waals surface area contributed by atoms with Crippen molar-refractivity contribution >= 4 is 11.3 Å². The van der Waals surface area contributed by atoms with Gasteiger partial charge in [-0.05, 0) is 0 Å². The van der Waals surface area contributed by atoms with E-state index in [-0.39, 0.29) is 0 Å². The van der Waals surface area contributed by atoms with E-state index in [0.29, 0.717) is 13.2 Å². The molecule has 15 heavy (non-hydrogen) atoms. The van der Waals surface area contributed by atoms with Crippen molar-refractivity contribution in [1.29, 1.82) is 0 Å². The lowest BCUT2D eigenvalue weighted by atomic mass is 10.5. The van der Waals surface area contributed by atoms with Gasteiger partial charge in [-0.15, -0.1) is 11.3 Å². The van der Waals surface area contributed by atoms with Crippen molar-refractivity contribution < 1.29 is 9.47 Å². The van der Waals surface area contributed by atoms with E-state index in [1.54, 1.807) is 11.3 Å². The van der Waals surface area contributed by atoms with Crippen molar-refractivity contribution in [2.75, 3.05) is 13.2 Å². The van der Waals surface area contributed by atoms with Crippen molar-refractivity contribution in [1.82, 2.24) is 15.0 Å². The molecular formula is C9H9N3O2S. The SMILES string of the molecule is c1ncncn1.c1scc2c1OCCO2. The lowest BCUT2D eigenvalue weighted by molar-refractivity contribution is 0.173. The number of fused-ring (bicyclic) bond motifs is 1. The number of hydrogen-bond acceptors (Lipinski definition) is 6. The highest BCUT2D eigenvalue weighted by Crippen LogP contribution is 2.33. The molecule has 0 saturated heterocycles. The van der Waals surface area contributed by atoms with Gasteiger partial charge < -0.3 is 9.47 Å². The van der Waals surface area contributed by atoms with Crippen molar-refractivity contribution in [2.24, 2.45) is 0 Å². The van der Waals surface area contributed by atoms with Gasteiger partial charge in [-0.3, -0.25) is 0 Å². The predicted octanol–water partition coefficient (Wildman–Crippen LogP) is 1.39. The lowest BCUT2D eigenvalue weighted by Crippen LogP contribution is -2.13. The second-order valence-corrected chi connectivity index (χ2v) is 3.33. The van der Waals surface area contributed by atoms with Crippen LogP contribution in [-0.4, -0.2) is 28.2 Å². The molecule has 0 aliphatic carbocycles. The van der Waals surface area contributed by atoms with Gasteiger partial charge in [0.25, 0.3) is 0 Å². The molecular weight excluding hydrogens is 214 g/mol. The van der Waals surface area contributed by atoms with Crippen LogP contribution in [-0.2, 0) is 0 Å². The topological polar surface area (TPSA) is 57.1 Å². The van der Waals surface area contributed by atoms with Gasteiger partial charge in [0.05, 0.1) is 0 Å². The zero-order chi connectivity index (χ0) is 10.3. The van der Waals surface area contributed by atoms with E-state index in [2.05, 4.69) is 15.0 Å². The summed E-state index contributed by atoms with van der Waals surface area (Å²) in [5.41, 5.74) is 0. The van der Waals surface area contributed by atoms with Gasteiger partial charge in [0, 0.05) is 10.8 Å². The van der Waals surface area contributed by atoms with Crippen molar-refractivity contribution in [3.8, 4) is 11.5 Å². The first-order chi connectivity index (χ1) is 7.47. The van der Waals surface area contributed by atoms with Gasteiger partial charge in [-0.1, -0.05) is 0 Å². The number of rotatable bonds is 0. The van der Waals surface area contributed by atoms with Crippen LogP contribution in [0.4, 0.5) is 0 Å². The van der Waals surface area contributed by atoms with Crippen LogP contribution in [0, 0.1) is 0 Å². The lowest BCUT2D eigenvalue weighted by Gasteiger charge is -2.13. The maximum absolute atomic E-state index is 5.25. The summed E-state index contributed by atoms with van der Waals surface area (Å²) in [5.74, 6) is 1.79. The van der Waals surface area contributed by atoms with E-state index in [4.69, 9.17) is 9.47 Å². The summed E-state index contributed by atoms with van der Waals surface area (Å²) >= 11 is 1.61. The largest absolute Gasteiger partial charge is 0.485 e. The Kier molecular flexibility index (Phi) is 3.45. The molecule has 2 aromatic rings. The molecule has 0 atom stereocenters. The second kappa shape index (κ2) is 5.26. The summed E-state index contributed by atoms with van der Waals surface area (Å²) < 4.78 is 10.5. The summed E-state index contributed by atoms with van der Waals surface area (Å²) in [7, 11) is 0. The molecule has 0 N–H and O–H groups in total. The maximum Gasteiger partial charge on any atom is 0.172 e. The van der Waals surface area contributed by atoms with Crippen LogP contribution in [0.25, 0.3) is 0 Å². The van der Waals surface area contributed by atoms with E-state index in [1.807, 2.05) is 10.8 Å². The minimum atomic E-state index is 0.684. The Balaban J connectivity index is 0.000000124. The smallest absolute Gasteiger partial charge is 0.172 e. The monoisotopic (exact) mass is 223 g/mol. The molecule has 0 saturated carbocycles. The third kappa shape index (κ3) is 2.88. The summed E-state index contributed by atoms with van der Waals surface area (Å²) in [5, 5.41) is 3.91. The molecule has 6 heteroatoms. The number of nitrogens with zero attached hydrogens (tertiary/aromatic N) is 3. The molecule has 78 valence electrons. The molecule has 1 aliphatic heterocycles. The third-order valence-corrected chi connectivity index (χ3v) is 2.29. The van der Waals surface area contributed by atoms with Gasteiger partial charge in [-0.25, -0.2) is 15.0 Å². The fourth-order valence-electron chi connectivity index (χ4n) is 0.992. The average molecular weight is 223 g/mol. The van der Waals surface area contributed by atoms with Crippen LogP contribution >= 0.6 is 11.3 Å². The molecule has 0 fully saturated rings. The van der Waals surface area contributed by atoms with Crippen molar-refractivity contribution in [3.05, 3.63) is 29.7 Å². The van der Waals surface area contributed by atoms with Crippen LogP contribution in [0.2, 0.25) is 0 Å². The third-order valence-electron chi connectivity index (χ3n) is 1.59. The first-order valence-electron chi connectivity index (χ1n) is 4.33. The first kappa shape index (κ1) is 9.85.